The number of nitrogens with zero attached hydrogens (tertiary/aromatic N) is 3. The molecule has 0 spiro atoms. The van der Waals surface area contributed by atoms with Gasteiger partial charge in [0.15, 0.2) is 0 Å². The van der Waals surface area contributed by atoms with Gasteiger partial charge in [-0.1, -0.05) is 0 Å². The number of carboxylic acids is 1. The Bertz CT molecular complexity index is 461. The zero-order valence-electron chi connectivity index (χ0n) is 9.44. The SMILES string of the molecule is O=C(O)C1CNCCN1c1ccc([N+](=O)[O-])cn1. The van der Waals surface area contributed by atoms with Crippen molar-refractivity contribution in [2.24, 2.45) is 0 Å². The second kappa shape index (κ2) is 4.96. The highest BCUT2D eigenvalue weighted by molar-refractivity contribution is 5.78. The Morgan fingerprint density at radius 3 is 2.94 bits per heavy atom. The van der Waals surface area contributed by atoms with Crippen molar-refractivity contribution >= 4 is 17.5 Å². The van der Waals surface area contributed by atoms with Crippen molar-refractivity contribution in [1.82, 2.24) is 10.3 Å². The zero-order chi connectivity index (χ0) is 13.1. The summed E-state index contributed by atoms with van der Waals surface area (Å²) >= 11 is 0. The smallest absolute Gasteiger partial charge is 0.327 e. The molecule has 8 heteroatoms. The lowest BCUT2D eigenvalue weighted by atomic mass is 10.2. The summed E-state index contributed by atoms with van der Waals surface area (Å²) in [6.45, 7) is 1.48. The van der Waals surface area contributed by atoms with E-state index in [1.165, 1.54) is 12.1 Å². The minimum atomic E-state index is -0.942. The van der Waals surface area contributed by atoms with E-state index in [0.29, 0.717) is 25.5 Å². The maximum atomic E-state index is 11.1. The normalized spacial score (nSPS) is 19.6. The number of piperazine rings is 1. The lowest BCUT2D eigenvalue weighted by molar-refractivity contribution is -0.385. The number of anilines is 1. The topological polar surface area (TPSA) is 109 Å². The lowest BCUT2D eigenvalue weighted by Gasteiger charge is -2.34. The standard InChI is InChI=1S/C10H12N4O4/c15-10(16)8-6-11-3-4-13(8)9-2-1-7(5-12-9)14(17)18/h1-2,5,8,11H,3-4,6H2,(H,15,16). The molecule has 0 aromatic carbocycles. The van der Waals surface area contributed by atoms with Gasteiger partial charge in [0.05, 0.1) is 4.92 Å². The summed E-state index contributed by atoms with van der Waals surface area (Å²) in [5.41, 5.74) is -0.110. The monoisotopic (exact) mass is 252 g/mol. The molecule has 1 aliphatic heterocycles. The van der Waals surface area contributed by atoms with E-state index in [0.717, 1.165) is 6.20 Å². The Kier molecular flexibility index (Phi) is 3.38. The number of nitro groups is 1. The van der Waals surface area contributed by atoms with Crippen LogP contribution in [0.1, 0.15) is 0 Å². The van der Waals surface area contributed by atoms with Crippen LogP contribution in [0.25, 0.3) is 0 Å². The summed E-state index contributed by atoms with van der Waals surface area (Å²) in [7, 11) is 0. The second-order valence-corrected chi connectivity index (χ2v) is 3.88. The molecule has 1 aliphatic rings. The van der Waals surface area contributed by atoms with Crippen molar-refractivity contribution in [1.29, 1.82) is 0 Å². The third-order valence-corrected chi connectivity index (χ3v) is 2.77. The van der Waals surface area contributed by atoms with Crippen molar-refractivity contribution < 1.29 is 14.8 Å². The van der Waals surface area contributed by atoms with E-state index in [2.05, 4.69) is 10.3 Å². The number of aromatic nitrogens is 1. The first-order valence-electron chi connectivity index (χ1n) is 5.40. The molecule has 1 fully saturated rings. The van der Waals surface area contributed by atoms with E-state index in [-0.39, 0.29) is 5.69 Å². The van der Waals surface area contributed by atoms with Gasteiger partial charge in [0.1, 0.15) is 18.1 Å². The molecular formula is C10H12N4O4. The molecule has 8 nitrogen and oxygen atoms in total. The van der Waals surface area contributed by atoms with Gasteiger partial charge >= 0.3 is 5.97 Å². The van der Waals surface area contributed by atoms with Gasteiger partial charge in [-0.3, -0.25) is 10.1 Å². The van der Waals surface area contributed by atoms with Crippen LogP contribution in [0.3, 0.4) is 0 Å². The fraction of sp³-hybridized carbons (Fsp3) is 0.400. The molecule has 0 amide bonds. The van der Waals surface area contributed by atoms with Crippen LogP contribution in [0, 0.1) is 10.1 Å². The lowest BCUT2D eigenvalue weighted by Crippen LogP contribution is -2.55. The predicted octanol–water partition coefficient (Wildman–Crippen LogP) is -0.147. The summed E-state index contributed by atoms with van der Waals surface area (Å²) < 4.78 is 0. The maximum Gasteiger partial charge on any atom is 0.327 e. The number of hydrogen-bond donors (Lipinski definition) is 2. The van der Waals surface area contributed by atoms with E-state index in [9.17, 15) is 14.9 Å². The highest BCUT2D eigenvalue weighted by atomic mass is 16.6. The molecule has 0 saturated carbocycles. The first-order chi connectivity index (χ1) is 8.59. The van der Waals surface area contributed by atoms with Gasteiger partial charge in [-0.05, 0) is 6.07 Å². The van der Waals surface area contributed by atoms with Crippen molar-refractivity contribution in [3.63, 3.8) is 0 Å². The molecule has 1 aromatic rings. The first kappa shape index (κ1) is 12.2. The molecular weight excluding hydrogens is 240 g/mol. The molecule has 1 saturated heterocycles. The molecule has 96 valence electrons. The van der Waals surface area contributed by atoms with Crippen LogP contribution in [-0.4, -0.2) is 46.7 Å². The number of rotatable bonds is 3. The van der Waals surface area contributed by atoms with Gasteiger partial charge < -0.3 is 15.3 Å². The molecule has 2 N–H and O–H groups in total. The van der Waals surface area contributed by atoms with Crippen LogP contribution >= 0.6 is 0 Å². The number of hydrogen-bond acceptors (Lipinski definition) is 6. The maximum absolute atomic E-state index is 11.1. The second-order valence-electron chi connectivity index (χ2n) is 3.88. The predicted molar refractivity (Wildman–Crippen MR) is 62.5 cm³/mol. The highest BCUT2D eigenvalue weighted by Gasteiger charge is 2.29. The van der Waals surface area contributed by atoms with Crippen molar-refractivity contribution in [3.05, 3.63) is 28.4 Å². The molecule has 2 rings (SSSR count). The van der Waals surface area contributed by atoms with Gasteiger partial charge in [0.25, 0.3) is 5.69 Å². The summed E-state index contributed by atoms with van der Waals surface area (Å²) in [6.07, 6.45) is 1.14. The number of pyridine rings is 1. The average Bonchev–Trinajstić information content (AvgIpc) is 2.39. The minimum Gasteiger partial charge on any atom is -0.480 e. The van der Waals surface area contributed by atoms with Crippen LogP contribution < -0.4 is 10.2 Å². The number of nitrogens with one attached hydrogen (secondary N) is 1. The van der Waals surface area contributed by atoms with E-state index in [1.807, 2.05) is 0 Å². The zero-order valence-corrected chi connectivity index (χ0v) is 9.44. The Morgan fingerprint density at radius 1 is 1.61 bits per heavy atom. The van der Waals surface area contributed by atoms with E-state index in [4.69, 9.17) is 5.11 Å². The minimum absolute atomic E-state index is 0.110. The third kappa shape index (κ3) is 2.38. The fourth-order valence-corrected chi connectivity index (χ4v) is 1.86. The number of carbonyl (C=O) groups is 1. The van der Waals surface area contributed by atoms with Gasteiger partial charge in [0.2, 0.25) is 0 Å². The van der Waals surface area contributed by atoms with Crippen LogP contribution in [-0.2, 0) is 4.79 Å². The Morgan fingerprint density at radius 2 is 2.39 bits per heavy atom. The van der Waals surface area contributed by atoms with Crippen LogP contribution in [0.4, 0.5) is 11.5 Å². The van der Waals surface area contributed by atoms with Crippen molar-refractivity contribution in [2.45, 2.75) is 6.04 Å². The Labute approximate surface area is 102 Å². The summed E-state index contributed by atoms with van der Waals surface area (Å²) in [5, 5.41) is 22.6. The van der Waals surface area contributed by atoms with Crippen LogP contribution in [0.5, 0.6) is 0 Å². The van der Waals surface area contributed by atoms with Crippen molar-refractivity contribution in [3.8, 4) is 0 Å². The average molecular weight is 252 g/mol. The van der Waals surface area contributed by atoms with Gasteiger partial charge in [0, 0.05) is 25.7 Å². The molecule has 1 atom stereocenters. The summed E-state index contributed by atoms with van der Waals surface area (Å²) in [5.74, 6) is -0.503. The molecule has 0 bridgehead atoms. The van der Waals surface area contributed by atoms with Gasteiger partial charge in [-0.2, -0.15) is 0 Å². The van der Waals surface area contributed by atoms with E-state index in [1.54, 1.807) is 4.90 Å². The number of carboxylic acid groups (broad SMARTS) is 1. The largest absolute Gasteiger partial charge is 0.480 e. The molecule has 1 aromatic heterocycles. The van der Waals surface area contributed by atoms with Crippen LogP contribution in [0.2, 0.25) is 0 Å². The summed E-state index contributed by atoms with van der Waals surface area (Å²) in [4.78, 5) is 26.6. The molecule has 18 heavy (non-hydrogen) atoms. The highest BCUT2D eigenvalue weighted by Crippen LogP contribution is 2.18. The molecule has 1 unspecified atom stereocenters. The Balaban J connectivity index is 2.23. The van der Waals surface area contributed by atoms with Gasteiger partial charge in [-0.25, -0.2) is 9.78 Å². The molecule has 0 aliphatic carbocycles. The van der Waals surface area contributed by atoms with E-state index < -0.39 is 16.9 Å². The molecule has 2 heterocycles. The number of aliphatic carboxylic acids is 1. The first-order valence-corrected chi connectivity index (χ1v) is 5.40. The Hall–Kier alpha value is -2.22. The van der Waals surface area contributed by atoms with Crippen molar-refractivity contribution in [2.75, 3.05) is 24.5 Å². The third-order valence-electron chi connectivity index (χ3n) is 2.77. The molecule has 0 radical (unpaired) electrons. The fourth-order valence-electron chi connectivity index (χ4n) is 1.86. The van der Waals surface area contributed by atoms with Crippen LogP contribution in [0.15, 0.2) is 18.3 Å². The van der Waals surface area contributed by atoms with Gasteiger partial charge in [-0.15, -0.1) is 0 Å². The summed E-state index contributed by atoms with van der Waals surface area (Å²) in [6, 6.07) is 2.09. The van der Waals surface area contributed by atoms with E-state index >= 15 is 0 Å². The quantitative estimate of drug-likeness (QED) is 0.568.